The molecule has 21 heavy (non-hydrogen) atoms. The molecule has 0 spiro atoms. The summed E-state index contributed by atoms with van der Waals surface area (Å²) >= 11 is 0. The minimum Gasteiger partial charge on any atom is -0.379 e. The zero-order valence-corrected chi connectivity index (χ0v) is 13.9. The Morgan fingerprint density at radius 2 is 2.05 bits per heavy atom. The first-order chi connectivity index (χ1) is 10.0. The number of likely N-dealkylation sites (N-methyl/N-ethyl adjacent to an activating group) is 1. The first kappa shape index (κ1) is 16.0. The van der Waals surface area contributed by atoms with Crippen molar-refractivity contribution >= 4 is 11.6 Å². The summed E-state index contributed by atoms with van der Waals surface area (Å²) in [5.41, 5.74) is 1.09. The van der Waals surface area contributed by atoms with Crippen molar-refractivity contribution in [2.45, 2.75) is 39.5 Å². The van der Waals surface area contributed by atoms with E-state index in [0.29, 0.717) is 5.92 Å². The SMILES string of the molecule is CNc1nc(C(C)C)nc(N(C)CCOCC2CC2)c1C. The Morgan fingerprint density at radius 1 is 1.33 bits per heavy atom. The minimum absolute atomic E-state index is 0.316. The van der Waals surface area contributed by atoms with Crippen LogP contribution in [0.5, 0.6) is 0 Å². The smallest absolute Gasteiger partial charge is 0.137 e. The van der Waals surface area contributed by atoms with Gasteiger partial charge in [-0.15, -0.1) is 0 Å². The molecule has 1 aromatic rings. The van der Waals surface area contributed by atoms with Crippen molar-refractivity contribution < 1.29 is 4.74 Å². The van der Waals surface area contributed by atoms with Crippen LogP contribution in [0, 0.1) is 12.8 Å². The van der Waals surface area contributed by atoms with Gasteiger partial charge in [-0.2, -0.15) is 0 Å². The fourth-order valence-corrected chi connectivity index (χ4v) is 2.24. The van der Waals surface area contributed by atoms with E-state index in [4.69, 9.17) is 9.72 Å². The summed E-state index contributed by atoms with van der Waals surface area (Å²) in [7, 11) is 3.97. The van der Waals surface area contributed by atoms with Gasteiger partial charge in [0.25, 0.3) is 0 Å². The molecule has 0 bridgehead atoms. The van der Waals surface area contributed by atoms with Crippen LogP contribution in [-0.4, -0.2) is 43.8 Å². The van der Waals surface area contributed by atoms with E-state index in [0.717, 1.165) is 48.7 Å². The lowest BCUT2D eigenvalue weighted by Crippen LogP contribution is -2.26. The number of aromatic nitrogens is 2. The minimum atomic E-state index is 0.316. The maximum Gasteiger partial charge on any atom is 0.137 e. The predicted octanol–water partition coefficient (Wildman–Crippen LogP) is 2.81. The molecule has 0 amide bonds. The highest BCUT2D eigenvalue weighted by Crippen LogP contribution is 2.29. The predicted molar refractivity (Wildman–Crippen MR) is 87.2 cm³/mol. The quantitative estimate of drug-likeness (QED) is 0.747. The van der Waals surface area contributed by atoms with Gasteiger partial charge >= 0.3 is 0 Å². The summed E-state index contributed by atoms with van der Waals surface area (Å²) in [5.74, 6) is 3.92. The van der Waals surface area contributed by atoms with Crippen molar-refractivity contribution in [2.24, 2.45) is 5.92 Å². The average molecular weight is 292 g/mol. The molecule has 0 aromatic carbocycles. The largest absolute Gasteiger partial charge is 0.379 e. The molecular formula is C16H28N4O. The third-order valence-corrected chi connectivity index (χ3v) is 3.87. The van der Waals surface area contributed by atoms with Gasteiger partial charge in [0.2, 0.25) is 0 Å². The number of nitrogens with zero attached hydrogens (tertiary/aromatic N) is 3. The monoisotopic (exact) mass is 292 g/mol. The summed E-state index contributed by atoms with van der Waals surface area (Å²) in [6.45, 7) is 8.81. The Balaban J connectivity index is 2.02. The normalized spacial score (nSPS) is 14.6. The lowest BCUT2D eigenvalue weighted by atomic mass is 10.2. The molecule has 0 atom stereocenters. The first-order valence-corrected chi connectivity index (χ1v) is 7.88. The Bertz CT molecular complexity index is 472. The van der Waals surface area contributed by atoms with Gasteiger partial charge in [-0.25, -0.2) is 9.97 Å². The van der Waals surface area contributed by atoms with E-state index in [1.54, 1.807) is 0 Å². The van der Waals surface area contributed by atoms with Crippen LogP contribution >= 0.6 is 0 Å². The first-order valence-electron chi connectivity index (χ1n) is 7.88. The van der Waals surface area contributed by atoms with E-state index >= 15 is 0 Å². The van der Waals surface area contributed by atoms with E-state index < -0.39 is 0 Å². The molecule has 0 saturated heterocycles. The van der Waals surface area contributed by atoms with Crippen molar-refractivity contribution in [3.05, 3.63) is 11.4 Å². The molecule has 5 heteroatoms. The molecule has 1 aliphatic carbocycles. The van der Waals surface area contributed by atoms with Crippen molar-refractivity contribution in [3.8, 4) is 0 Å². The van der Waals surface area contributed by atoms with E-state index in [2.05, 4.69) is 43.0 Å². The number of anilines is 2. The van der Waals surface area contributed by atoms with Crippen LogP contribution in [0.2, 0.25) is 0 Å². The van der Waals surface area contributed by atoms with E-state index in [1.165, 1.54) is 12.8 Å². The second kappa shape index (κ2) is 7.07. The van der Waals surface area contributed by atoms with Gasteiger partial charge in [-0.05, 0) is 25.7 Å². The van der Waals surface area contributed by atoms with Gasteiger partial charge < -0.3 is 15.0 Å². The van der Waals surface area contributed by atoms with Gasteiger partial charge in [0.15, 0.2) is 0 Å². The van der Waals surface area contributed by atoms with Crippen LogP contribution < -0.4 is 10.2 Å². The highest BCUT2D eigenvalue weighted by molar-refractivity contribution is 5.58. The fraction of sp³-hybridized carbons (Fsp3) is 0.750. The van der Waals surface area contributed by atoms with Gasteiger partial charge in [0.05, 0.1) is 6.61 Å². The van der Waals surface area contributed by atoms with Gasteiger partial charge in [-0.1, -0.05) is 13.8 Å². The molecule has 0 radical (unpaired) electrons. The lowest BCUT2D eigenvalue weighted by Gasteiger charge is -2.22. The number of hydrogen-bond acceptors (Lipinski definition) is 5. The summed E-state index contributed by atoms with van der Waals surface area (Å²) in [5, 5.41) is 3.17. The molecule has 1 saturated carbocycles. The molecule has 0 aliphatic heterocycles. The third kappa shape index (κ3) is 4.30. The zero-order valence-electron chi connectivity index (χ0n) is 13.9. The van der Waals surface area contributed by atoms with Crippen molar-refractivity contribution in [1.29, 1.82) is 0 Å². The Labute approximate surface area is 128 Å². The number of hydrogen-bond donors (Lipinski definition) is 1. The average Bonchev–Trinajstić information content (AvgIpc) is 3.27. The van der Waals surface area contributed by atoms with E-state index in [1.807, 2.05) is 7.05 Å². The van der Waals surface area contributed by atoms with E-state index in [9.17, 15) is 0 Å². The second-order valence-electron chi connectivity index (χ2n) is 6.22. The Morgan fingerprint density at radius 3 is 2.62 bits per heavy atom. The molecule has 0 unspecified atom stereocenters. The maximum absolute atomic E-state index is 5.72. The molecule has 1 aromatic heterocycles. The third-order valence-electron chi connectivity index (χ3n) is 3.87. The molecule has 118 valence electrons. The Kier molecular flexibility index (Phi) is 5.39. The summed E-state index contributed by atoms with van der Waals surface area (Å²) < 4.78 is 5.72. The molecule has 1 heterocycles. The van der Waals surface area contributed by atoms with Crippen LogP contribution in [-0.2, 0) is 4.74 Å². The molecular weight excluding hydrogens is 264 g/mol. The van der Waals surface area contributed by atoms with Crippen LogP contribution in [0.25, 0.3) is 0 Å². The van der Waals surface area contributed by atoms with Gasteiger partial charge in [-0.3, -0.25) is 0 Å². The molecule has 2 rings (SSSR count). The Hall–Kier alpha value is -1.36. The van der Waals surface area contributed by atoms with Crippen LogP contribution in [0.1, 0.15) is 44.0 Å². The molecule has 1 N–H and O–H groups in total. The van der Waals surface area contributed by atoms with Gasteiger partial charge in [0.1, 0.15) is 17.5 Å². The van der Waals surface area contributed by atoms with E-state index in [-0.39, 0.29) is 0 Å². The summed E-state index contributed by atoms with van der Waals surface area (Å²) in [6, 6.07) is 0. The van der Waals surface area contributed by atoms with Crippen molar-refractivity contribution in [3.63, 3.8) is 0 Å². The van der Waals surface area contributed by atoms with Crippen LogP contribution in [0.15, 0.2) is 0 Å². The molecule has 5 nitrogen and oxygen atoms in total. The zero-order chi connectivity index (χ0) is 15.4. The lowest BCUT2D eigenvalue weighted by molar-refractivity contribution is 0.130. The standard InChI is InChI=1S/C16H28N4O/c1-11(2)14-18-15(17-4)12(3)16(19-14)20(5)8-9-21-10-13-6-7-13/h11,13H,6-10H2,1-5H3,(H,17,18,19). The van der Waals surface area contributed by atoms with Crippen molar-refractivity contribution in [2.75, 3.05) is 44.1 Å². The maximum atomic E-state index is 5.72. The topological polar surface area (TPSA) is 50.3 Å². The summed E-state index contributed by atoms with van der Waals surface area (Å²) in [6.07, 6.45) is 2.67. The summed E-state index contributed by atoms with van der Waals surface area (Å²) in [4.78, 5) is 11.5. The molecule has 1 fully saturated rings. The highest BCUT2D eigenvalue weighted by Gasteiger charge is 2.21. The second-order valence-corrected chi connectivity index (χ2v) is 6.22. The number of ether oxygens (including phenoxy) is 1. The van der Waals surface area contributed by atoms with Crippen LogP contribution in [0.3, 0.4) is 0 Å². The number of nitrogens with one attached hydrogen (secondary N) is 1. The van der Waals surface area contributed by atoms with Gasteiger partial charge in [0, 0.05) is 38.7 Å². The number of rotatable bonds is 8. The van der Waals surface area contributed by atoms with Crippen molar-refractivity contribution in [1.82, 2.24) is 9.97 Å². The molecule has 1 aliphatic rings. The van der Waals surface area contributed by atoms with Crippen LogP contribution in [0.4, 0.5) is 11.6 Å². The highest BCUT2D eigenvalue weighted by atomic mass is 16.5. The fourth-order valence-electron chi connectivity index (χ4n) is 2.24.